The number of hydrogen-bond acceptors (Lipinski definition) is 6. The lowest BCUT2D eigenvalue weighted by atomic mass is 10.0. The molecule has 2 N–H and O–H groups in total. The molecule has 0 saturated carbocycles. The number of nitrogen functional groups attached to an aromatic ring is 1. The Hall–Kier alpha value is -3.65. The summed E-state index contributed by atoms with van der Waals surface area (Å²) in [6, 6.07) is 7.44. The fraction of sp³-hybridized carbons (Fsp3) is 0.333. The number of nitrogens with zero attached hydrogens (tertiary/aromatic N) is 5. The van der Waals surface area contributed by atoms with Crippen LogP contribution in [0.4, 0.5) is 24.7 Å². The van der Waals surface area contributed by atoms with E-state index in [1.54, 1.807) is 20.8 Å². The van der Waals surface area contributed by atoms with Gasteiger partial charge in [-0.3, -0.25) is 4.79 Å². The molecule has 11 heteroatoms. The highest BCUT2D eigenvalue weighted by molar-refractivity contribution is 6.01. The van der Waals surface area contributed by atoms with E-state index in [0.717, 1.165) is 16.9 Å². The molecule has 0 aliphatic carbocycles. The molecule has 2 aromatic heterocycles. The highest BCUT2D eigenvalue weighted by Crippen LogP contribution is 2.40. The Bertz CT molecular complexity index is 1280. The Labute approximate surface area is 181 Å². The van der Waals surface area contributed by atoms with Gasteiger partial charge in [-0.1, -0.05) is 6.07 Å². The van der Waals surface area contributed by atoms with Crippen LogP contribution in [0, 0.1) is 11.3 Å². The minimum absolute atomic E-state index is 0.0974. The van der Waals surface area contributed by atoms with Gasteiger partial charge >= 0.3 is 6.18 Å². The van der Waals surface area contributed by atoms with Crippen LogP contribution in [-0.4, -0.2) is 38.8 Å². The van der Waals surface area contributed by atoms with Crippen LogP contribution in [0.25, 0.3) is 16.8 Å². The average Bonchev–Trinajstić information content (AvgIpc) is 3.11. The molecule has 1 aliphatic heterocycles. The Morgan fingerprint density at radius 1 is 1.31 bits per heavy atom. The van der Waals surface area contributed by atoms with Crippen molar-refractivity contribution < 1.29 is 22.7 Å². The van der Waals surface area contributed by atoms with Crippen molar-refractivity contribution in [1.82, 2.24) is 14.6 Å². The summed E-state index contributed by atoms with van der Waals surface area (Å²) in [5.41, 5.74) is 4.17. The highest BCUT2D eigenvalue weighted by atomic mass is 19.4. The number of hydrogen-bond donors (Lipinski definition) is 1. The number of morpholine rings is 1. The molecular weight excluding hydrogens is 425 g/mol. The minimum atomic E-state index is -4.68. The fourth-order valence-electron chi connectivity index (χ4n) is 3.96. The van der Waals surface area contributed by atoms with Crippen LogP contribution in [0.2, 0.25) is 0 Å². The van der Waals surface area contributed by atoms with Crippen molar-refractivity contribution in [2.24, 2.45) is 0 Å². The summed E-state index contributed by atoms with van der Waals surface area (Å²) in [4.78, 5) is 18.1. The third-order valence-electron chi connectivity index (χ3n) is 5.29. The molecule has 8 nitrogen and oxygen atoms in total. The summed E-state index contributed by atoms with van der Waals surface area (Å²) < 4.78 is 47.7. The number of carbonyl (C=O) groups is 1. The van der Waals surface area contributed by atoms with Gasteiger partial charge in [0, 0.05) is 5.56 Å². The van der Waals surface area contributed by atoms with E-state index in [1.807, 2.05) is 6.07 Å². The minimum Gasteiger partial charge on any atom is -0.382 e. The summed E-state index contributed by atoms with van der Waals surface area (Å²) in [7, 11) is 0. The van der Waals surface area contributed by atoms with Crippen molar-refractivity contribution in [3.63, 3.8) is 0 Å². The first-order valence-electron chi connectivity index (χ1n) is 9.67. The lowest BCUT2D eigenvalue weighted by Crippen LogP contribution is -2.56. The summed E-state index contributed by atoms with van der Waals surface area (Å²) in [6.45, 7) is 5.25. The SMILES string of the molecule is C[C@H]1CN(c2cc(-c3cc(C(F)(F)F)c4c(N)ncnn34)ccc2C#N)C(=O)C(C)(C)O1. The lowest BCUT2D eigenvalue weighted by molar-refractivity contribution is -0.153. The number of ether oxygens (including phenoxy) is 1. The Balaban J connectivity index is 1.93. The van der Waals surface area contributed by atoms with E-state index in [9.17, 15) is 23.2 Å². The maximum Gasteiger partial charge on any atom is 0.418 e. The molecule has 0 spiro atoms. The van der Waals surface area contributed by atoms with Crippen molar-refractivity contribution in [2.75, 3.05) is 17.2 Å². The summed E-state index contributed by atoms with van der Waals surface area (Å²) in [5.74, 6) is -0.668. The van der Waals surface area contributed by atoms with E-state index >= 15 is 0 Å². The third-order valence-corrected chi connectivity index (χ3v) is 5.29. The largest absolute Gasteiger partial charge is 0.418 e. The maximum absolute atomic E-state index is 13.7. The van der Waals surface area contributed by atoms with Gasteiger partial charge in [-0.15, -0.1) is 0 Å². The Kier molecular flexibility index (Phi) is 4.86. The third kappa shape index (κ3) is 3.42. The van der Waals surface area contributed by atoms with E-state index in [0.29, 0.717) is 5.56 Å². The normalized spacial score (nSPS) is 18.7. The quantitative estimate of drug-likeness (QED) is 0.649. The lowest BCUT2D eigenvalue weighted by Gasteiger charge is -2.41. The number of aromatic nitrogens is 3. The van der Waals surface area contributed by atoms with Crippen LogP contribution in [0.3, 0.4) is 0 Å². The van der Waals surface area contributed by atoms with Crippen molar-refractivity contribution in [3.05, 3.63) is 41.7 Å². The number of amides is 1. The molecule has 1 atom stereocenters. The number of rotatable bonds is 2. The second-order valence-electron chi connectivity index (χ2n) is 8.04. The molecule has 3 aromatic rings. The first-order valence-corrected chi connectivity index (χ1v) is 9.67. The first-order chi connectivity index (χ1) is 14.9. The number of nitrogens with two attached hydrogens (primary N) is 1. The molecule has 1 amide bonds. The van der Waals surface area contributed by atoms with Crippen LogP contribution in [0.15, 0.2) is 30.6 Å². The van der Waals surface area contributed by atoms with Gasteiger partial charge in [0.05, 0.1) is 35.2 Å². The first kappa shape index (κ1) is 21.6. The molecular formula is C21H19F3N6O2. The van der Waals surface area contributed by atoms with E-state index in [2.05, 4.69) is 10.1 Å². The number of carbonyl (C=O) groups excluding carboxylic acids is 1. The number of alkyl halides is 3. The van der Waals surface area contributed by atoms with E-state index in [-0.39, 0.29) is 46.8 Å². The zero-order chi connectivity index (χ0) is 23.4. The summed E-state index contributed by atoms with van der Waals surface area (Å²) in [6.07, 6.45) is -3.93. The maximum atomic E-state index is 13.7. The molecule has 3 heterocycles. The van der Waals surface area contributed by atoms with Gasteiger partial charge in [-0.25, -0.2) is 9.50 Å². The van der Waals surface area contributed by atoms with Crippen LogP contribution in [-0.2, 0) is 15.7 Å². The van der Waals surface area contributed by atoms with Gasteiger partial charge in [-0.05, 0) is 39.0 Å². The number of nitriles is 1. The molecule has 0 radical (unpaired) electrons. The molecule has 1 fully saturated rings. The van der Waals surface area contributed by atoms with Crippen LogP contribution >= 0.6 is 0 Å². The predicted octanol–water partition coefficient (Wildman–Crippen LogP) is 3.40. The molecule has 1 saturated heterocycles. The summed E-state index contributed by atoms with van der Waals surface area (Å²) in [5, 5.41) is 13.5. The zero-order valence-corrected chi connectivity index (χ0v) is 17.4. The zero-order valence-electron chi connectivity index (χ0n) is 17.4. The van der Waals surface area contributed by atoms with Gasteiger partial charge in [-0.2, -0.15) is 23.5 Å². The molecule has 32 heavy (non-hydrogen) atoms. The van der Waals surface area contributed by atoms with Gasteiger partial charge in [0.15, 0.2) is 5.82 Å². The standard InChI is InChI=1S/C21H19F3N6O2/c1-11-9-29(19(31)20(2,3)32-11)15-6-12(4-5-13(15)8-25)16-7-14(21(22,23)24)17-18(26)27-10-28-30(16)17/h4-7,10-11H,9H2,1-3H3,(H2,26,27,28)/t11-/m0/s1. The summed E-state index contributed by atoms with van der Waals surface area (Å²) >= 11 is 0. The Morgan fingerprint density at radius 3 is 2.69 bits per heavy atom. The number of anilines is 2. The van der Waals surface area contributed by atoms with Crippen molar-refractivity contribution in [2.45, 2.75) is 38.7 Å². The molecule has 1 aromatic carbocycles. The van der Waals surface area contributed by atoms with Gasteiger partial charge in [0.2, 0.25) is 0 Å². The van der Waals surface area contributed by atoms with Gasteiger partial charge < -0.3 is 15.4 Å². The predicted molar refractivity (Wildman–Crippen MR) is 110 cm³/mol. The van der Waals surface area contributed by atoms with Crippen molar-refractivity contribution in [3.8, 4) is 17.3 Å². The topological polar surface area (TPSA) is 110 Å². The average molecular weight is 444 g/mol. The number of benzene rings is 1. The Morgan fingerprint density at radius 2 is 2.03 bits per heavy atom. The molecule has 1 aliphatic rings. The van der Waals surface area contributed by atoms with Crippen molar-refractivity contribution >= 4 is 22.9 Å². The van der Waals surface area contributed by atoms with Gasteiger partial charge in [0.1, 0.15) is 23.5 Å². The highest BCUT2D eigenvalue weighted by Gasteiger charge is 2.41. The molecule has 0 unspecified atom stereocenters. The van der Waals surface area contributed by atoms with Crippen LogP contribution < -0.4 is 10.6 Å². The smallest absolute Gasteiger partial charge is 0.382 e. The second-order valence-corrected chi connectivity index (χ2v) is 8.04. The molecule has 166 valence electrons. The van der Waals surface area contributed by atoms with E-state index in [1.165, 1.54) is 23.1 Å². The fourth-order valence-corrected chi connectivity index (χ4v) is 3.96. The van der Waals surface area contributed by atoms with Crippen molar-refractivity contribution in [1.29, 1.82) is 5.26 Å². The monoisotopic (exact) mass is 444 g/mol. The van der Waals surface area contributed by atoms with E-state index < -0.39 is 17.3 Å². The second kappa shape index (κ2) is 7.20. The van der Waals surface area contributed by atoms with Gasteiger partial charge in [0.25, 0.3) is 5.91 Å². The van der Waals surface area contributed by atoms with Crippen LogP contribution in [0.1, 0.15) is 31.9 Å². The molecule has 4 rings (SSSR count). The molecule has 0 bridgehead atoms. The number of fused-ring (bicyclic) bond motifs is 1. The van der Waals surface area contributed by atoms with Crippen LogP contribution in [0.5, 0.6) is 0 Å². The van der Waals surface area contributed by atoms with E-state index in [4.69, 9.17) is 10.5 Å². The number of halogens is 3.